The van der Waals surface area contributed by atoms with Gasteiger partial charge in [-0.1, -0.05) is 0 Å². The van der Waals surface area contributed by atoms with Crippen LogP contribution in [0.15, 0.2) is 23.1 Å². The van der Waals surface area contributed by atoms with Crippen LogP contribution in [0.25, 0.3) is 0 Å². The van der Waals surface area contributed by atoms with Crippen molar-refractivity contribution in [1.29, 1.82) is 0 Å². The Hall–Kier alpha value is -1.62. The monoisotopic (exact) mass is 249 g/mol. The quantitative estimate of drug-likeness (QED) is 0.712. The number of carbonyl (C=O) groups excluding carboxylic acids is 1. The van der Waals surface area contributed by atoms with E-state index in [1.807, 2.05) is 4.90 Å². The second-order valence-electron chi connectivity index (χ2n) is 4.81. The molecule has 1 amide bonds. The standard InChI is InChI=1S/C13H19N3O2/c1-14-5-3-6-16(9-8-14)13(18)11-4-7-15(2)12(17)10-11/h4,7,10H,3,5-6,8-9H2,1-2H3. The van der Waals surface area contributed by atoms with Crippen molar-refractivity contribution in [3.05, 3.63) is 34.2 Å². The Balaban J connectivity index is 2.15. The van der Waals surface area contributed by atoms with Gasteiger partial charge >= 0.3 is 0 Å². The molecule has 1 aromatic rings. The maximum atomic E-state index is 12.3. The number of likely N-dealkylation sites (N-methyl/N-ethyl adjacent to an activating group) is 1. The van der Waals surface area contributed by atoms with Crippen molar-refractivity contribution < 1.29 is 4.79 Å². The van der Waals surface area contributed by atoms with E-state index in [-0.39, 0.29) is 11.5 Å². The Kier molecular flexibility index (Phi) is 3.81. The van der Waals surface area contributed by atoms with Crippen molar-refractivity contribution in [3.8, 4) is 0 Å². The molecule has 1 fully saturated rings. The summed E-state index contributed by atoms with van der Waals surface area (Å²) in [6.45, 7) is 3.39. The van der Waals surface area contributed by atoms with Gasteiger partial charge in [0, 0.05) is 44.5 Å². The topological polar surface area (TPSA) is 45.5 Å². The molecular weight excluding hydrogens is 230 g/mol. The van der Waals surface area contributed by atoms with Gasteiger partial charge in [0.2, 0.25) is 0 Å². The van der Waals surface area contributed by atoms with Crippen molar-refractivity contribution >= 4 is 5.91 Å². The average molecular weight is 249 g/mol. The van der Waals surface area contributed by atoms with E-state index < -0.39 is 0 Å². The molecule has 0 bridgehead atoms. The highest BCUT2D eigenvalue weighted by Gasteiger charge is 2.19. The van der Waals surface area contributed by atoms with Crippen LogP contribution in [0.2, 0.25) is 0 Å². The molecule has 0 saturated carbocycles. The smallest absolute Gasteiger partial charge is 0.254 e. The zero-order valence-corrected chi connectivity index (χ0v) is 10.9. The van der Waals surface area contributed by atoms with Crippen LogP contribution in [0.3, 0.4) is 0 Å². The van der Waals surface area contributed by atoms with Gasteiger partial charge in [0.25, 0.3) is 11.5 Å². The zero-order valence-electron chi connectivity index (χ0n) is 10.9. The van der Waals surface area contributed by atoms with Gasteiger partial charge in [-0.2, -0.15) is 0 Å². The minimum Gasteiger partial charge on any atom is -0.337 e. The van der Waals surface area contributed by atoms with E-state index >= 15 is 0 Å². The van der Waals surface area contributed by atoms with Crippen LogP contribution in [0.1, 0.15) is 16.8 Å². The predicted molar refractivity (Wildman–Crippen MR) is 69.7 cm³/mol. The lowest BCUT2D eigenvalue weighted by Crippen LogP contribution is -2.35. The Bertz CT molecular complexity index is 495. The number of nitrogens with zero attached hydrogens (tertiary/aromatic N) is 3. The highest BCUT2D eigenvalue weighted by molar-refractivity contribution is 5.94. The molecule has 0 N–H and O–H groups in total. The van der Waals surface area contributed by atoms with Crippen LogP contribution < -0.4 is 5.56 Å². The molecule has 0 aliphatic carbocycles. The number of hydrogen-bond donors (Lipinski definition) is 0. The number of rotatable bonds is 1. The Morgan fingerprint density at radius 2 is 1.94 bits per heavy atom. The number of hydrogen-bond acceptors (Lipinski definition) is 3. The third-order valence-corrected chi connectivity index (χ3v) is 3.36. The molecule has 1 saturated heterocycles. The van der Waals surface area contributed by atoms with E-state index in [9.17, 15) is 9.59 Å². The first kappa shape index (κ1) is 12.8. The average Bonchev–Trinajstić information content (AvgIpc) is 2.57. The van der Waals surface area contributed by atoms with Gasteiger partial charge in [0.05, 0.1) is 0 Å². The molecule has 0 unspecified atom stereocenters. The van der Waals surface area contributed by atoms with Gasteiger partial charge in [-0.05, 0) is 26.1 Å². The lowest BCUT2D eigenvalue weighted by Gasteiger charge is -2.20. The number of aromatic nitrogens is 1. The summed E-state index contributed by atoms with van der Waals surface area (Å²) in [6, 6.07) is 3.12. The third kappa shape index (κ3) is 2.79. The van der Waals surface area contributed by atoms with Crippen LogP contribution in [0, 0.1) is 0 Å². The zero-order chi connectivity index (χ0) is 13.1. The molecule has 1 aromatic heterocycles. The lowest BCUT2D eigenvalue weighted by atomic mass is 10.2. The van der Waals surface area contributed by atoms with E-state index in [0.29, 0.717) is 5.56 Å². The molecule has 0 spiro atoms. The number of amides is 1. The number of aryl methyl sites for hydroxylation is 1. The number of carbonyl (C=O) groups is 1. The van der Waals surface area contributed by atoms with Crippen molar-refractivity contribution in [3.63, 3.8) is 0 Å². The van der Waals surface area contributed by atoms with Crippen molar-refractivity contribution in [1.82, 2.24) is 14.4 Å². The fourth-order valence-corrected chi connectivity index (χ4v) is 2.11. The molecule has 0 aromatic carbocycles. The molecule has 0 radical (unpaired) electrons. The summed E-state index contributed by atoms with van der Waals surface area (Å²) in [5.41, 5.74) is 0.343. The summed E-state index contributed by atoms with van der Waals surface area (Å²) >= 11 is 0. The molecule has 18 heavy (non-hydrogen) atoms. The van der Waals surface area contributed by atoms with Crippen molar-refractivity contribution in [2.45, 2.75) is 6.42 Å². The summed E-state index contributed by atoms with van der Waals surface area (Å²) in [4.78, 5) is 27.9. The lowest BCUT2D eigenvalue weighted by molar-refractivity contribution is 0.0762. The van der Waals surface area contributed by atoms with Gasteiger partial charge in [0.1, 0.15) is 0 Å². The summed E-state index contributed by atoms with van der Waals surface area (Å²) in [5, 5.41) is 0. The molecule has 2 heterocycles. The molecule has 1 aliphatic rings. The maximum Gasteiger partial charge on any atom is 0.254 e. The molecule has 5 nitrogen and oxygen atoms in total. The first-order chi connectivity index (χ1) is 8.58. The minimum atomic E-state index is -0.146. The summed E-state index contributed by atoms with van der Waals surface area (Å²) < 4.78 is 1.47. The molecular formula is C13H19N3O2. The largest absolute Gasteiger partial charge is 0.337 e. The molecule has 1 aliphatic heterocycles. The van der Waals surface area contributed by atoms with Gasteiger partial charge in [-0.25, -0.2) is 0 Å². The van der Waals surface area contributed by atoms with Crippen molar-refractivity contribution in [2.24, 2.45) is 7.05 Å². The first-order valence-electron chi connectivity index (χ1n) is 6.22. The first-order valence-corrected chi connectivity index (χ1v) is 6.22. The van der Waals surface area contributed by atoms with E-state index in [4.69, 9.17) is 0 Å². The Morgan fingerprint density at radius 3 is 2.67 bits per heavy atom. The van der Waals surface area contributed by atoms with E-state index in [2.05, 4.69) is 11.9 Å². The highest BCUT2D eigenvalue weighted by atomic mass is 16.2. The van der Waals surface area contributed by atoms with Crippen LogP contribution in [0.4, 0.5) is 0 Å². The summed E-state index contributed by atoms with van der Waals surface area (Å²) in [7, 11) is 3.74. The van der Waals surface area contributed by atoms with E-state index in [0.717, 1.165) is 32.6 Å². The van der Waals surface area contributed by atoms with E-state index in [1.165, 1.54) is 10.6 Å². The molecule has 98 valence electrons. The summed E-state index contributed by atoms with van der Waals surface area (Å²) in [6.07, 6.45) is 2.62. The second-order valence-corrected chi connectivity index (χ2v) is 4.81. The normalized spacial score (nSPS) is 17.6. The second kappa shape index (κ2) is 5.35. The van der Waals surface area contributed by atoms with Crippen LogP contribution in [0.5, 0.6) is 0 Å². The maximum absolute atomic E-state index is 12.3. The van der Waals surface area contributed by atoms with Crippen molar-refractivity contribution in [2.75, 3.05) is 33.2 Å². The minimum absolute atomic E-state index is 0.0389. The highest BCUT2D eigenvalue weighted by Crippen LogP contribution is 2.07. The fraction of sp³-hybridized carbons (Fsp3) is 0.538. The molecule has 0 atom stereocenters. The molecule has 5 heteroatoms. The van der Waals surface area contributed by atoms with Gasteiger partial charge < -0.3 is 14.4 Å². The Morgan fingerprint density at radius 1 is 1.17 bits per heavy atom. The van der Waals surface area contributed by atoms with Crippen LogP contribution in [-0.4, -0.2) is 53.5 Å². The van der Waals surface area contributed by atoms with Crippen LogP contribution in [-0.2, 0) is 7.05 Å². The fourth-order valence-electron chi connectivity index (χ4n) is 2.11. The predicted octanol–water partition coefficient (Wildman–Crippen LogP) is 0.163. The SMILES string of the molecule is CN1CCCN(C(=O)c2ccn(C)c(=O)c2)CC1. The molecule has 2 rings (SSSR count). The number of pyridine rings is 1. The van der Waals surface area contributed by atoms with Gasteiger partial charge in [-0.3, -0.25) is 9.59 Å². The van der Waals surface area contributed by atoms with Gasteiger partial charge in [0.15, 0.2) is 0 Å². The van der Waals surface area contributed by atoms with E-state index in [1.54, 1.807) is 19.3 Å². The van der Waals surface area contributed by atoms with Crippen LogP contribution >= 0.6 is 0 Å². The Labute approximate surface area is 107 Å². The van der Waals surface area contributed by atoms with Gasteiger partial charge in [-0.15, -0.1) is 0 Å². The third-order valence-electron chi connectivity index (χ3n) is 3.36. The summed E-state index contributed by atoms with van der Waals surface area (Å²) in [5.74, 6) is -0.0389.